The molecule has 1 amide bonds. The van der Waals surface area contributed by atoms with Gasteiger partial charge in [-0.1, -0.05) is 23.2 Å². The van der Waals surface area contributed by atoms with E-state index in [1.54, 1.807) is 12.3 Å². The van der Waals surface area contributed by atoms with E-state index in [0.29, 0.717) is 15.6 Å². The van der Waals surface area contributed by atoms with Crippen LogP contribution in [0.2, 0.25) is 10.2 Å². The van der Waals surface area contributed by atoms with E-state index in [-0.39, 0.29) is 11.1 Å². The first kappa shape index (κ1) is 13.8. The minimum atomic E-state index is -0.292. The summed E-state index contributed by atoms with van der Waals surface area (Å²) in [7, 11) is 0. The van der Waals surface area contributed by atoms with Crippen molar-refractivity contribution in [2.75, 3.05) is 5.32 Å². The van der Waals surface area contributed by atoms with E-state index in [1.807, 2.05) is 12.3 Å². The van der Waals surface area contributed by atoms with Gasteiger partial charge >= 0.3 is 0 Å². The molecule has 0 bridgehead atoms. The molecule has 0 saturated carbocycles. The molecule has 3 nitrogen and oxygen atoms in total. The molecule has 0 atom stereocenters. The molecule has 7 heteroatoms. The average molecular weight is 366 g/mol. The molecular formula is C11H7BrCl2N2OS. The van der Waals surface area contributed by atoms with Gasteiger partial charge in [0, 0.05) is 10.7 Å². The molecule has 2 aromatic rings. The first-order chi connectivity index (χ1) is 8.49. The fraction of sp³-hybridized carbons (Fsp3) is 0.0909. The zero-order valence-corrected chi connectivity index (χ0v) is 13.0. The summed E-state index contributed by atoms with van der Waals surface area (Å²) in [6.45, 7) is 1.85. The van der Waals surface area contributed by atoms with Crippen molar-refractivity contribution in [3.63, 3.8) is 0 Å². The summed E-state index contributed by atoms with van der Waals surface area (Å²) in [5.74, 6) is -0.292. The fourth-order valence-corrected chi connectivity index (χ4v) is 2.93. The second kappa shape index (κ2) is 5.57. The average Bonchev–Trinajstić information content (AvgIpc) is 2.65. The van der Waals surface area contributed by atoms with Crippen LogP contribution in [0, 0.1) is 6.92 Å². The van der Waals surface area contributed by atoms with Gasteiger partial charge in [0.25, 0.3) is 5.91 Å². The minimum absolute atomic E-state index is 0.232. The number of carbonyl (C=O) groups is 1. The van der Waals surface area contributed by atoms with Crippen LogP contribution in [0.25, 0.3) is 0 Å². The summed E-state index contributed by atoms with van der Waals surface area (Å²) < 4.78 is 0.732. The van der Waals surface area contributed by atoms with E-state index in [2.05, 4.69) is 26.2 Å². The lowest BCUT2D eigenvalue weighted by atomic mass is 10.3. The maximum absolute atomic E-state index is 12.0. The maximum atomic E-state index is 12.0. The van der Waals surface area contributed by atoms with Gasteiger partial charge in [-0.05, 0) is 39.9 Å². The number of nitrogens with one attached hydrogen (secondary N) is 1. The lowest BCUT2D eigenvalue weighted by molar-refractivity contribution is 0.103. The molecule has 0 aliphatic heterocycles. The first-order valence-electron chi connectivity index (χ1n) is 4.85. The number of anilines is 1. The Morgan fingerprint density at radius 2 is 2.22 bits per heavy atom. The molecule has 2 aromatic heterocycles. The highest BCUT2D eigenvalue weighted by molar-refractivity contribution is 9.10. The Hall–Kier alpha value is -0.620. The van der Waals surface area contributed by atoms with Crippen LogP contribution in [0.4, 0.5) is 5.69 Å². The normalized spacial score (nSPS) is 10.4. The van der Waals surface area contributed by atoms with Crippen LogP contribution in [-0.2, 0) is 0 Å². The van der Waals surface area contributed by atoms with E-state index >= 15 is 0 Å². The third-order valence-electron chi connectivity index (χ3n) is 2.16. The van der Waals surface area contributed by atoms with Crippen LogP contribution in [-0.4, -0.2) is 10.9 Å². The maximum Gasteiger partial charge on any atom is 0.267 e. The number of hydrogen-bond acceptors (Lipinski definition) is 3. The van der Waals surface area contributed by atoms with Gasteiger partial charge in [-0.15, -0.1) is 11.3 Å². The highest BCUT2D eigenvalue weighted by Crippen LogP contribution is 2.29. The van der Waals surface area contributed by atoms with Crippen molar-refractivity contribution in [2.45, 2.75) is 6.92 Å². The Kier molecular flexibility index (Phi) is 4.27. The van der Waals surface area contributed by atoms with Crippen LogP contribution in [0.15, 0.2) is 22.1 Å². The second-order valence-electron chi connectivity index (χ2n) is 3.51. The minimum Gasteiger partial charge on any atom is -0.319 e. The summed E-state index contributed by atoms with van der Waals surface area (Å²) in [5, 5.41) is 5.22. The van der Waals surface area contributed by atoms with Crippen LogP contribution < -0.4 is 5.32 Å². The van der Waals surface area contributed by atoms with Gasteiger partial charge in [0.1, 0.15) is 4.88 Å². The smallest absolute Gasteiger partial charge is 0.267 e. The number of carbonyl (C=O) groups excluding carboxylic acids is 1. The highest BCUT2D eigenvalue weighted by atomic mass is 79.9. The zero-order chi connectivity index (χ0) is 13.3. The lowest BCUT2D eigenvalue weighted by Gasteiger charge is -2.06. The van der Waals surface area contributed by atoms with E-state index in [0.717, 1.165) is 10.0 Å². The van der Waals surface area contributed by atoms with Crippen LogP contribution >= 0.6 is 50.5 Å². The van der Waals surface area contributed by atoms with E-state index < -0.39 is 0 Å². The van der Waals surface area contributed by atoms with Gasteiger partial charge in [-0.2, -0.15) is 0 Å². The molecule has 0 saturated heterocycles. The van der Waals surface area contributed by atoms with Crippen molar-refractivity contribution in [1.82, 2.24) is 4.98 Å². The fourth-order valence-electron chi connectivity index (χ4n) is 1.27. The zero-order valence-electron chi connectivity index (χ0n) is 9.13. The quantitative estimate of drug-likeness (QED) is 0.778. The van der Waals surface area contributed by atoms with Crippen molar-refractivity contribution < 1.29 is 4.79 Å². The number of halogens is 3. The standard InChI is InChI=1S/C11H7BrCl2N2OS/c1-5-4-18-9(8(5)13)11(17)16-7-2-6(12)3-15-10(7)14/h2-4H,1H3,(H,16,17). The number of rotatable bonds is 2. The summed E-state index contributed by atoms with van der Waals surface area (Å²) in [6, 6.07) is 1.68. The Balaban J connectivity index is 2.27. The van der Waals surface area contributed by atoms with Crippen LogP contribution in [0.5, 0.6) is 0 Å². The molecule has 0 radical (unpaired) electrons. The number of pyridine rings is 1. The van der Waals surface area contributed by atoms with E-state index in [4.69, 9.17) is 23.2 Å². The topological polar surface area (TPSA) is 42.0 Å². The molecule has 0 aliphatic rings. The molecule has 94 valence electrons. The third kappa shape index (κ3) is 2.85. The monoisotopic (exact) mass is 364 g/mol. The summed E-state index contributed by atoms with van der Waals surface area (Å²) in [4.78, 5) is 16.4. The third-order valence-corrected chi connectivity index (χ3v) is 4.59. The van der Waals surface area contributed by atoms with Gasteiger partial charge in [-0.25, -0.2) is 4.98 Å². The van der Waals surface area contributed by atoms with Crippen molar-refractivity contribution in [2.24, 2.45) is 0 Å². The first-order valence-corrected chi connectivity index (χ1v) is 7.28. The summed E-state index contributed by atoms with van der Waals surface area (Å²) in [6.07, 6.45) is 1.56. The second-order valence-corrected chi connectivity index (χ2v) is 6.04. The molecule has 0 fully saturated rings. The predicted molar refractivity (Wildman–Crippen MR) is 79.0 cm³/mol. The number of aryl methyl sites for hydroxylation is 1. The molecule has 2 rings (SSSR count). The highest BCUT2D eigenvalue weighted by Gasteiger charge is 2.16. The Morgan fingerprint density at radius 1 is 1.50 bits per heavy atom. The van der Waals surface area contributed by atoms with Crippen molar-refractivity contribution in [3.8, 4) is 0 Å². The van der Waals surface area contributed by atoms with Crippen molar-refractivity contribution in [1.29, 1.82) is 0 Å². The van der Waals surface area contributed by atoms with E-state index in [1.165, 1.54) is 11.3 Å². The van der Waals surface area contributed by atoms with Crippen LogP contribution in [0.1, 0.15) is 15.2 Å². The SMILES string of the molecule is Cc1csc(C(=O)Nc2cc(Br)cnc2Cl)c1Cl. The molecular weight excluding hydrogens is 359 g/mol. The van der Waals surface area contributed by atoms with Crippen LogP contribution in [0.3, 0.4) is 0 Å². The molecule has 18 heavy (non-hydrogen) atoms. The summed E-state index contributed by atoms with van der Waals surface area (Å²) in [5.41, 5.74) is 1.32. The largest absolute Gasteiger partial charge is 0.319 e. The number of nitrogens with zero attached hydrogens (tertiary/aromatic N) is 1. The molecule has 0 aromatic carbocycles. The number of thiophene rings is 1. The van der Waals surface area contributed by atoms with Gasteiger partial charge < -0.3 is 5.32 Å². The van der Waals surface area contributed by atoms with E-state index in [9.17, 15) is 4.79 Å². The number of hydrogen-bond donors (Lipinski definition) is 1. The molecule has 0 unspecified atom stereocenters. The Morgan fingerprint density at radius 3 is 2.83 bits per heavy atom. The van der Waals surface area contributed by atoms with Gasteiger partial charge in [0.2, 0.25) is 0 Å². The number of aromatic nitrogens is 1. The Bertz CT molecular complexity index is 615. The summed E-state index contributed by atoms with van der Waals surface area (Å²) >= 11 is 16.5. The Labute approximate surface area is 126 Å². The van der Waals surface area contributed by atoms with Crippen molar-refractivity contribution in [3.05, 3.63) is 42.7 Å². The lowest BCUT2D eigenvalue weighted by Crippen LogP contribution is -2.11. The van der Waals surface area contributed by atoms with Gasteiger partial charge in [-0.3, -0.25) is 4.79 Å². The molecule has 0 aliphatic carbocycles. The van der Waals surface area contributed by atoms with Crippen molar-refractivity contribution >= 4 is 62.1 Å². The molecule has 2 heterocycles. The number of amides is 1. The molecule has 1 N–H and O–H groups in total. The van der Waals surface area contributed by atoms with Gasteiger partial charge in [0.05, 0.1) is 10.7 Å². The molecule has 0 spiro atoms. The predicted octanol–water partition coefficient (Wildman–Crippen LogP) is 4.77. The van der Waals surface area contributed by atoms with Gasteiger partial charge in [0.15, 0.2) is 5.15 Å².